The van der Waals surface area contributed by atoms with Crippen molar-refractivity contribution < 1.29 is 36.2 Å². The average molecular weight is 302 g/mol. The third-order valence-electron chi connectivity index (χ3n) is 2.32. The minimum atomic E-state index is -4.30. The number of alkyl halides is 4. The Bertz CT molecular complexity index is 418. The molecule has 0 aliphatic carbocycles. The van der Waals surface area contributed by atoms with Gasteiger partial charge < -0.3 is 9.84 Å². The fraction of sp³-hybridized carbons (Fsp3) is 0.500. The van der Waals surface area contributed by atoms with Crippen LogP contribution < -0.4 is 0 Å². The molecule has 0 spiro atoms. The lowest BCUT2D eigenvalue weighted by Gasteiger charge is -2.17. The smallest absolute Gasteiger partial charge is 0.330 e. The molecule has 1 rings (SSSR count). The van der Waals surface area contributed by atoms with E-state index in [0.29, 0.717) is 6.07 Å². The molecule has 8 heteroatoms. The van der Waals surface area contributed by atoms with Crippen molar-refractivity contribution in [2.24, 2.45) is 0 Å². The summed E-state index contributed by atoms with van der Waals surface area (Å²) in [7, 11) is 0. The highest BCUT2D eigenvalue weighted by Gasteiger charge is 2.41. The first-order chi connectivity index (χ1) is 9.20. The molecule has 20 heavy (non-hydrogen) atoms. The van der Waals surface area contributed by atoms with Crippen LogP contribution in [0.2, 0.25) is 0 Å². The van der Waals surface area contributed by atoms with Gasteiger partial charge in [-0.3, -0.25) is 0 Å². The van der Waals surface area contributed by atoms with Gasteiger partial charge in [-0.05, 0) is 17.7 Å². The van der Waals surface area contributed by atoms with Crippen molar-refractivity contribution in [1.82, 2.24) is 0 Å². The highest BCUT2D eigenvalue weighted by molar-refractivity contribution is 5.18. The maximum absolute atomic E-state index is 12.8. The summed E-state index contributed by atoms with van der Waals surface area (Å²) in [4.78, 5) is 0. The first kappa shape index (κ1) is 16.8. The van der Waals surface area contributed by atoms with E-state index in [9.17, 15) is 31.4 Å². The molecule has 0 heterocycles. The summed E-state index contributed by atoms with van der Waals surface area (Å²) < 4.78 is 78.5. The summed E-state index contributed by atoms with van der Waals surface area (Å²) in [5.41, 5.74) is 0.0965. The van der Waals surface area contributed by atoms with E-state index in [2.05, 4.69) is 4.74 Å². The van der Waals surface area contributed by atoms with Gasteiger partial charge in [0.1, 0.15) is 18.2 Å². The summed E-state index contributed by atoms with van der Waals surface area (Å²) in [5.74, 6) is -6.00. The van der Waals surface area contributed by atoms with E-state index in [1.165, 1.54) is 0 Å². The monoisotopic (exact) mass is 302 g/mol. The van der Waals surface area contributed by atoms with Crippen molar-refractivity contribution in [3.63, 3.8) is 0 Å². The van der Waals surface area contributed by atoms with Gasteiger partial charge in [0.15, 0.2) is 0 Å². The Balaban J connectivity index is 2.42. The van der Waals surface area contributed by atoms with Gasteiger partial charge in [0.2, 0.25) is 0 Å². The summed E-state index contributed by atoms with van der Waals surface area (Å²) in [6, 6.07) is 2.55. The van der Waals surface area contributed by atoms with Gasteiger partial charge in [-0.2, -0.15) is 8.78 Å². The Hall–Kier alpha value is -1.28. The van der Waals surface area contributed by atoms with Crippen molar-refractivity contribution in [1.29, 1.82) is 0 Å². The highest BCUT2D eigenvalue weighted by atomic mass is 19.3. The number of ether oxygens (including phenoxy) is 1. The van der Waals surface area contributed by atoms with Crippen LogP contribution in [0.15, 0.2) is 18.2 Å². The zero-order valence-corrected chi connectivity index (χ0v) is 10.1. The van der Waals surface area contributed by atoms with Crippen LogP contribution in [0, 0.1) is 11.6 Å². The van der Waals surface area contributed by atoms with Gasteiger partial charge in [-0.15, -0.1) is 0 Å². The first-order valence-electron chi connectivity index (χ1n) is 5.57. The standard InChI is InChI=1S/C12H12F6O2/c13-8-1-7(2-9(14)4-8)3-10(19)5-20-6-12(17,18)11(15)16/h1-2,4,10-11,19H,3,5-6H2. The largest absolute Gasteiger partial charge is 0.390 e. The third kappa shape index (κ3) is 5.38. The fourth-order valence-corrected chi connectivity index (χ4v) is 1.45. The average Bonchev–Trinajstić information content (AvgIpc) is 2.26. The number of aliphatic hydroxyl groups is 1. The van der Waals surface area contributed by atoms with Crippen molar-refractivity contribution in [2.45, 2.75) is 24.9 Å². The molecular formula is C12H12F6O2. The lowest BCUT2D eigenvalue weighted by Crippen LogP contribution is -2.34. The first-order valence-corrected chi connectivity index (χ1v) is 5.57. The van der Waals surface area contributed by atoms with Crippen LogP contribution >= 0.6 is 0 Å². The van der Waals surface area contributed by atoms with Gasteiger partial charge in [0, 0.05) is 12.5 Å². The quantitative estimate of drug-likeness (QED) is 0.785. The molecule has 1 unspecified atom stereocenters. The maximum atomic E-state index is 12.8. The van der Waals surface area contributed by atoms with Gasteiger partial charge in [0.25, 0.3) is 0 Å². The molecule has 0 aliphatic rings. The summed E-state index contributed by atoms with van der Waals surface area (Å²) >= 11 is 0. The molecule has 0 saturated carbocycles. The lowest BCUT2D eigenvalue weighted by molar-refractivity contribution is -0.170. The van der Waals surface area contributed by atoms with Crippen LogP contribution in [0.1, 0.15) is 5.56 Å². The van der Waals surface area contributed by atoms with Crippen molar-refractivity contribution in [2.75, 3.05) is 13.2 Å². The highest BCUT2D eigenvalue weighted by Crippen LogP contribution is 2.23. The second kappa shape index (κ2) is 6.94. The minimum Gasteiger partial charge on any atom is -0.390 e. The number of hydrogen-bond donors (Lipinski definition) is 1. The zero-order valence-electron chi connectivity index (χ0n) is 10.1. The van der Waals surface area contributed by atoms with Crippen molar-refractivity contribution in [3.05, 3.63) is 35.4 Å². The molecule has 0 fully saturated rings. The van der Waals surface area contributed by atoms with Crippen LogP contribution in [-0.4, -0.2) is 36.8 Å². The van der Waals surface area contributed by atoms with Crippen LogP contribution in [0.5, 0.6) is 0 Å². The molecule has 0 bridgehead atoms. The minimum absolute atomic E-state index is 0.0965. The Labute approximate surface area is 111 Å². The number of hydrogen-bond acceptors (Lipinski definition) is 2. The van der Waals surface area contributed by atoms with E-state index < -0.39 is 43.3 Å². The predicted octanol–water partition coefficient (Wildman–Crippen LogP) is 2.79. The van der Waals surface area contributed by atoms with Crippen LogP contribution in [0.25, 0.3) is 0 Å². The second-order valence-electron chi connectivity index (χ2n) is 4.21. The van der Waals surface area contributed by atoms with Gasteiger partial charge in [-0.1, -0.05) is 0 Å². The van der Waals surface area contributed by atoms with E-state index in [1.807, 2.05) is 0 Å². The third-order valence-corrected chi connectivity index (χ3v) is 2.32. The number of rotatable bonds is 7. The second-order valence-corrected chi connectivity index (χ2v) is 4.21. The van der Waals surface area contributed by atoms with Crippen LogP contribution in [0.3, 0.4) is 0 Å². The maximum Gasteiger partial charge on any atom is 0.330 e. The van der Waals surface area contributed by atoms with Gasteiger partial charge >= 0.3 is 12.3 Å². The number of benzene rings is 1. The van der Waals surface area contributed by atoms with E-state index in [-0.39, 0.29) is 12.0 Å². The Morgan fingerprint density at radius 1 is 1.10 bits per heavy atom. The predicted molar refractivity (Wildman–Crippen MR) is 57.8 cm³/mol. The Kier molecular flexibility index (Phi) is 5.82. The SMILES string of the molecule is OC(COCC(F)(F)C(F)F)Cc1cc(F)cc(F)c1. The summed E-state index contributed by atoms with van der Waals surface area (Å²) in [5, 5.41) is 9.42. The van der Waals surface area contributed by atoms with Crippen molar-refractivity contribution in [3.8, 4) is 0 Å². The van der Waals surface area contributed by atoms with E-state index in [1.54, 1.807) is 0 Å². The van der Waals surface area contributed by atoms with Gasteiger partial charge in [0.05, 0.1) is 12.7 Å². The van der Waals surface area contributed by atoms with E-state index >= 15 is 0 Å². The molecule has 2 nitrogen and oxygen atoms in total. The molecule has 0 radical (unpaired) electrons. The molecule has 1 atom stereocenters. The molecule has 0 saturated heterocycles. The molecular weight excluding hydrogens is 290 g/mol. The van der Waals surface area contributed by atoms with Crippen LogP contribution in [-0.2, 0) is 11.2 Å². The molecule has 114 valence electrons. The van der Waals surface area contributed by atoms with E-state index in [0.717, 1.165) is 12.1 Å². The van der Waals surface area contributed by atoms with Crippen molar-refractivity contribution >= 4 is 0 Å². The molecule has 0 aliphatic heterocycles. The molecule has 0 aromatic heterocycles. The number of halogens is 6. The zero-order chi connectivity index (χ0) is 15.3. The Morgan fingerprint density at radius 2 is 1.65 bits per heavy atom. The fourth-order valence-electron chi connectivity index (χ4n) is 1.45. The Morgan fingerprint density at radius 3 is 2.15 bits per heavy atom. The lowest BCUT2D eigenvalue weighted by atomic mass is 10.1. The molecule has 1 aromatic rings. The van der Waals surface area contributed by atoms with Crippen LogP contribution in [0.4, 0.5) is 26.3 Å². The summed E-state index contributed by atoms with van der Waals surface area (Å²) in [6.45, 7) is -2.19. The molecule has 0 amide bonds. The summed E-state index contributed by atoms with van der Waals surface area (Å²) in [6.07, 6.45) is -5.46. The van der Waals surface area contributed by atoms with E-state index in [4.69, 9.17) is 0 Å². The normalized spacial score (nSPS) is 13.8. The molecule has 1 aromatic carbocycles. The molecule has 1 N–H and O–H groups in total. The topological polar surface area (TPSA) is 29.5 Å². The van der Waals surface area contributed by atoms with Gasteiger partial charge in [-0.25, -0.2) is 17.6 Å². The number of aliphatic hydroxyl groups excluding tert-OH is 1.